The van der Waals surface area contributed by atoms with E-state index in [2.05, 4.69) is 24.5 Å². The number of hydrogen-bond acceptors (Lipinski definition) is 5. The smallest absolute Gasteiger partial charge is 0.120 e. The molecule has 0 saturated heterocycles. The molecule has 0 aliphatic heterocycles. The Bertz CT molecular complexity index is 698. The van der Waals surface area contributed by atoms with Crippen molar-refractivity contribution in [2.75, 3.05) is 19.0 Å². The fourth-order valence-corrected chi connectivity index (χ4v) is 4.02. The summed E-state index contributed by atoms with van der Waals surface area (Å²) in [5.41, 5.74) is 2.99. The monoisotopic (exact) mass is 372 g/mol. The normalized spacial score (nSPS) is 16.6. The average molecular weight is 373 g/mol. The zero-order valence-corrected chi connectivity index (χ0v) is 16.4. The standard InChI is InChI=1S/C11H14N2OS.C10H14O/c1-13-11-9(5-12)8-3-2-7(6-14)4-10(8)15-11;1-4-5-6-9(2)10(3)7-8-11/h7,13-14H,2-4,6H2,1H3;4-6,8,10H,1-2,7H2,3H3/b;6-5-. The number of fused-ring (bicyclic) bond motifs is 1. The number of aldehydes is 1. The number of nitriles is 1. The predicted molar refractivity (Wildman–Crippen MR) is 110 cm³/mol. The summed E-state index contributed by atoms with van der Waals surface area (Å²) in [5.74, 6) is 0.621. The second kappa shape index (κ2) is 11.5. The van der Waals surface area contributed by atoms with E-state index in [4.69, 9.17) is 10.4 Å². The van der Waals surface area contributed by atoms with Crippen molar-refractivity contribution in [1.29, 1.82) is 5.26 Å². The summed E-state index contributed by atoms with van der Waals surface area (Å²) in [6.45, 7) is 9.59. The van der Waals surface area contributed by atoms with Crippen LogP contribution >= 0.6 is 11.3 Å². The Kier molecular flexibility index (Phi) is 9.64. The third-order valence-electron chi connectivity index (χ3n) is 4.49. The van der Waals surface area contributed by atoms with Crippen LogP contribution in [-0.2, 0) is 17.6 Å². The molecule has 0 spiro atoms. The lowest BCUT2D eigenvalue weighted by atomic mass is 9.88. The van der Waals surface area contributed by atoms with Crippen LogP contribution in [0.1, 0.15) is 35.8 Å². The molecule has 2 atom stereocenters. The molecular weight excluding hydrogens is 344 g/mol. The van der Waals surface area contributed by atoms with Gasteiger partial charge in [0.2, 0.25) is 0 Å². The zero-order chi connectivity index (χ0) is 19.5. The number of carbonyl (C=O) groups excluding carboxylic acids is 1. The predicted octanol–water partition coefficient (Wildman–Crippen LogP) is 4.27. The highest BCUT2D eigenvalue weighted by Gasteiger charge is 2.24. The molecule has 0 fully saturated rings. The Balaban J connectivity index is 0.000000276. The lowest BCUT2D eigenvalue weighted by Gasteiger charge is -2.19. The van der Waals surface area contributed by atoms with Crippen molar-refractivity contribution >= 4 is 22.6 Å². The van der Waals surface area contributed by atoms with Gasteiger partial charge in [-0.3, -0.25) is 0 Å². The number of aliphatic hydroxyl groups excluding tert-OH is 1. The van der Waals surface area contributed by atoms with E-state index in [1.165, 1.54) is 10.4 Å². The summed E-state index contributed by atoms with van der Waals surface area (Å²) in [5, 5.41) is 22.3. The van der Waals surface area contributed by atoms with Gasteiger partial charge >= 0.3 is 0 Å². The molecule has 26 heavy (non-hydrogen) atoms. The maximum absolute atomic E-state index is 10.1. The first-order valence-electron chi connectivity index (χ1n) is 8.77. The van der Waals surface area contributed by atoms with Gasteiger partial charge in [0.15, 0.2) is 0 Å². The SMILES string of the molecule is C=C/C=C\C(=C)C(C)CC=O.CNc1sc2c(c1C#N)CCC(CO)C2. The van der Waals surface area contributed by atoms with Gasteiger partial charge < -0.3 is 15.2 Å². The number of hydrogen-bond donors (Lipinski definition) is 2. The largest absolute Gasteiger partial charge is 0.396 e. The van der Waals surface area contributed by atoms with E-state index in [9.17, 15) is 4.79 Å². The van der Waals surface area contributed by atoms with E-state index in [1.54, 1.807) is 17.4 Å². The molecule has 0 bridgehead atoms. The fraction of sp³-hybridized carbons (Fsp3) is 0.429. The lowest BCUT2D eigenvalue weighted by Crippen LogP contribution is -2.16. The number of carbonyl (C=O) groups is 1. The number of nitrogens with zero attached hydrogens (tertiary/aromatic N) is 1. The van der Waals surface area contributed by atoms with Crippen LogP contribution in [0.15, 0.2) is 37.0 Å². The Hall–Kier alpha value is -2.16. The fourth-order valence-electron chi connectivity index (χ4n) is 2.76. The first kappa shape index (κ1) is 21.9. The number of allylic oxidation sites excluding steroid dienone is 4. The van der Waals surface area contributed by atoms with E-state index in [0.29, 0.717) is 12.3 Å². The van der Waals surface area contributed by atoms with Crippen LogP contribution in [0.2, 0.25) is 0 Å². The van der Waals surface area contributed by atoms with Crippen molar-refractivity contribution in [3.63, 3.8) is 0 Å². The van der Waals surface area contributed by atoms with Crippen molar-refractivity contribution in [2.45, 2.75) is 32.6 Å². The molecule has 1 aliphatic carbocycles. The molecule has 140 valence electrons. The molecular formula is C21H28N2O2S. The Morgan fingerprint density at radius 3 is 2.85 bits per heavy atom. The third-order valence-corrected chi connectivity index (χ3v) is 5.77. The van der Waals surface area contributed by atoms with Crippen LogP contribution in [-0.4, -0.2) is 25.0 Å². The molecule has 1 heterocycles. The van der Waals surface area contributed by atoms with Crippen LogP contribution in [0.3, 0.4) is 0 Å². The minimum Gasteiger partial charge on any atom is -0.396 e. The van der Waals surface area contributed by atoms with Crippen molar-refractivity contribution in [2.24, 2.45) is 11.8 Å². The van der Waals surface area contributed by atoms with Crippen molar-refractivity contribution in [3.8, 4) is 6.07 Å². The number of thiophene rings is 1. The summed E-state index contributed by atoms with van der Waals surface area (Å²) in [6, 6.07) is 2.27. The molecule has 0 radical (unpaired) electrons. The summed E-state index contributed by atoms with van der Waals surface area (Å²) >= 11 is 1.66. The first-order valence-corrected chi connectivity index (χ1v) is 9.58. The van der Waals surface area contributed by atoms with Gasteiger partial charge in [-0.2, -0.15) is 5.26 Å². The minimum atomic E-state index is 0.240. The molecule has 2 N–H and O–H groups in total. The highest BCUT2D eigenvalue weighted by molar-refractivity contribution is 7.16. The number of aliphatic hydroxyl groups is 1. The third kappa shape index (κ3) is 5.98. The molecule has 1 aliphatic rings. The van der Waals surface area contributed by atoms with Gasteiger partial charge in [-0.05, 0) is 36.7 Å². The molecule has 0 saturated carbocycles. The summed E-state index contributed by atoms with van der Waals surface area (Å²) in [4.78, 5) is 11.4. The zero-order valence-electron chi connectivity index (χ0n) is 15.6. The molecule has 5 heteroatoms. The van der Waals surface area contributed by atoms with E-state index in [0.717, 1.165) is 41.7 Å². The van der Waals surface area contributed by atoms with Gasteiger partial charge in [0, 0.05) is 25.0 Å². The van der Waals surface area contributed by atoms with Crippen LogP contribution < -0.4 is 5.32 Å². The summed E-state index contributed by atoms with van der Waals surface area (Å²) in [7, 11) is 1.85. The Morgan fingerprint density at radius 2 is 2.31 bits per heavy atom. The first-order chi connectivity index (χ1) is 12.5. The van der Waals surface area contributed by atoms with Gasteiger partial charge in [-0.15, -0.1) is 11.3 Å². The second-order valence-corrected chi connectivity index (χ2v) is 7.44. The highest BCUT2D eigenvalue weighted by atomic mass is 32.1. The van der Waals surface area contributed by atoms with E-state index in [1.807, 2.05) is 26.1 Å². The minimum absolute atomic E-state index is 0.240. The van der Waals surface area contributed by atoms with Gasteiger partial charge in [-0.1, -0.05) is 43.9 Å². The van der Waals surface area contributed by atoms with Gasteiger partial charge in [0.25, 0.3) is 0 Å². The van der Waals surface area contributed by atoms with E-state index in [-0.39, 0.29) is 12.5 Å². The van der Waals surface area contributed by atoms with Crippen molar-refractivity contribution in [3.05, 3.63) is 53.0 Å². The van der Waals surface area contributed by atoms with E-state index >= 15 is 0 Å². The van der Waals surface area contributed by atoms with Crippen LogP contribution in [0.5, 0.6) is 0 Å². The number of anilines is 1. The number of rotatable bonds is 7. The molecule has 4 nitrogen and oxygen atoms in total. The van der Waals surface area contributed by atoms with Crippen molar-refractivity contribution in [1.82, 2.24) is 0 Å². The summed E-state index contributed by atoms with van der Waals surface area (Å²) < 4.78 is 0. The number of nitrogens with one attached hydrogen (secondary N) is 1. The summed E-state index contributed by atoms with van der Waals surface area (Å²) in [6.07, 6.45) is 9.70. The maximum atomic E-state index is 10.1. The van der Waals surface area contributed by atoms with Crippen LogP contribution in [0.25, 0.3) is 0 Å². The quantitative estimate of drug-likeness (QED) is 0.554. The van der Waals surface area contributed by atoms with Gasteiger partial charge in [-0.25, -0.2) is 0 Å². The maximum Gasteiger partial charge on any atom is 0.120 e. The van der Waals surface area contributed by atoms with Crippen LogP contribution in [0.4, 0.5) is 5.00 Å². The molecule has 0 amide bonds. The molecule has 1 aromatic heterocycles. The average Bonchev–Trinajstić information content (AvgIpc) is 3.03. The lowest BCUT2D eigenvalue weighted by molar-refractivity contribution is -0.108. The second-order valence-electron chi connectivity index (χ2n) is 6.33. The molecule has 2 unspecified atom stereocenters. The van der Waals surface area contributed by atoms with Gasteiger partial charge in [0.05, 0.1) is 5.56 Å². The topological polar surface area (TPSA) is 73.1 Å². The molecule has 0 aromatic carbocycles. The van der Waals surface area contributed by atoms with Crippen LogP contribution in [0, 0.1) is 23.2 Å². The van der Waals surface area contributed by atoms with E-state index < -0.39 is 0 Å². The molecule has 2 rings (SSSR count). The highest BCUT2D eigenvalue weighted by Crippen LogP contribution is 2.38. The Morgan fingerprint density at radius 1 is 1.58 bits per heavy atom. The van der Waals surface area contributed by atoms with Crippen molar-refractivity contribution < 1.29 is 9.90 Å². The van der Waals surface area contributed by atoms with Gasteiger partial charge in [0.1, 0.15) is 17.4 Å². The Labute approximate surface area is 160 Å². The molecule has 1 aromatic rings.